The number of thiophene rings is 1. The highest BCUT2D eigenvalue weighted by Gasteiger charge is 2.27. The number of carbonyl (C=O) groups excluding carboxylic acids is 3. The lowest BCUT2D eigenvalue weighted by Crippen LogP contribution is -2.14. The van der Waals surface area contributed by atoms with Crippen molar-refractivity contribution in [2.24, 2.45) is 0 Å². The zero-order chi connectivity index (χ0) is 20.7. The summed E-state index contributed by atoms with van der Waals surface area (Å²) in [6.07, 6.45) is 2.00. The zero-order valence-corrected chi connectivity index (χ0v) is 17.1. The SMILES string of the molecule is CCCCOc1ccc(C(=O)Nc2sc(C(=O)OC)c(C)c2C(=O)OC)cc1. The molecule has 0 unspecified atom stereocenters. The largest absolute Gasteiger partial charge is 0.494 e. The summed E-state index contributed by atoms with van der Waals surface area (Å²) in [5.41, 5.74) is 0.934. The van der Waals surface area contributed by atoms with Gasteiger partial charge in [0, 0.05) is 5.56 Å². The van der Waals surface area contributed by atoms with Crippen molar-refractivity contribution >= 4 is 34.2 Å². The van der Waals surface area contributed by atoms with Crippen LogP contribution in [-0.4, -0.2) is 38.7 Å². The number of amides is 1. The topological polar surface area (TPSA) is 90.9 Å². The van der Waals surface area contributed by atoms with Gasteiger partial charge in [-0.05, 0) is 43.2 Å². The molecule has 1 amide bonds. The summed E-state index contributed by atoms with van der Waals surface area (Å²) >= 11 is 0.970. The van der Waals surface area contributed by atoms with Crippen LogP contribution in [0.4, 0.5) is 5.00 Å². The lowest BCUT2D eigenvalue weighted by molar-refractivity contribution is 0.0601. The minimum absolute atomic E-state index is 0.140. The fraction of sp³-hybridized carbons (Fsp3) is 0.350. The van der Waals surface area contributed by atoms with Crippen molar-refractivity contribution in [2.45, 2.75) is 26.7 Å². The summed E-state index contributed by atoms with van der Waals surface area (Å²) in [5.74, 6) is -0.955. The van der Waals surface area contributed by atoms with Crippen molar-refractivity contribution in [3.63, 3.8) is 0 Å². The maximum absolute atomic E-state index is 12.6. The summed E-state index contributed by atoms with van der Waals surface area (Å²) in [7, 11) is 2.49. The van der Waals surface area contributed by atoms with E-state index in [0.717, 1.165) is 24.2 Å². The quantitative estimate of drug-likeness (QED) is 0.526. The first-order chi connectivity index (χ1) is 13.4. The molecule has 0 atom stereocenters. The Morgan fingerprint density at radius 2 is 1.68 bits per heavy atom. The van der Waals surface area contributed by atoms with Gasteiger partial charge in [0.2, 0.25) is 0 Å². The summed E-state index contributed by atoms with van der Waals surface area (Å²) in [4.78, 5) is 36.9. The minimum atomic E-state index is -0.640. The second kappa shape index (κ2) is 9.89. The van der Waals surface area contributed by atoms with E-state index >= 15 is 0 Å². The van der Waals surface area contributed by atoms with E-state index in [9.17, 15) is 14.4 Å². The van der Waals surface area contributed by atoms with Crippen LogP contribution in [0, 0.1) is 6.92 Å². The van der Waals surface area contributed by atoms with Gasteiger partial charge in [0.25, 0.3) is 5.91 Å². The van der Waals surface area contributed by atoms with Gasteiger partial charge >= 0.3 is 11.9 Å². The molecular formula is C20H23NO6S. The fourth-order valence-corrected chi connectivity index (χ4v) is 3.56. The number of benzene rings is 1. The molecule has 0 fully saturated rings. The summed E-state index contributed by atoms with van der Waals surface area (Å²) in [6.45, 7) is 4.31. The van der Waals surface area contributed by atoms with Gasteiger partial charge in [-0.3, -0.25) is 4.79 Å². The lowest BCUT2D eigenvalue weighted by atomic mass is 10.1. The summed E-state index contributed by atoms with van der Waals surface area (Å²) in [5, 5.41) is 2.92. The Kier molecular flexibility index (Phi) is 7.57. The Labute approximate surface area is 167 Å². The average Bonchev–Trinajstić information content (AvgIpc) is 3.03. The van der Waals surface area contributed by atoms with Gasteiger partial charge in [-0.25, -0.2) is 9.59 Å². The number of anilines is 1. The van der Waals surface area contributed by atoms with E-state index in [1.165, 1.54) is 14.2 Å². The fourth-order valence-electron chi connectivity index (χ4n) is 2.45. The first kappa shape index (κ1) is 21.4. The molecule has 28 heavy (non-hydrogen) atoms. The highest BCUT2D eigenvalue weighted by molar-refractivity contribution is 7.18. The van der Waals surface area contributed by atoms with Crippen molar-refractivity contribution < 1.29 is 28.6 Å². The highest BCUT2D eigenvalue weighted by atomic mass is 32.1. The molecule has 0 saturated carbocycles. The number of carbonyl (C=O) groups is 3. The van der Waals surface area contributed by atoms with E-state index in [1.807, 2.05) is 0 Å². The van der Waals surface area contributed by atoms with Crippen LogP contribution < -0.4 is 10.1 Å². The number of ether oxygens (including phenoxy) is 3. The standard InChI is InChI=1S/C20H23NO6S/c1-5-6-11-27-14-9-7-13(8-10-14)17(22)21-18-15(19(23)25-3)12(2)16(28-18)20(24)26-4/h7-10H,5-6,11H2,1-4H3,(H,21,22). The molecular weight excluding hydrogens is 382 g/mol. The Hall–Kier alpha value is -2.87. The Morgan fingerprint density at radius 3 is 2.25 bits per heavy atom. The first-order valence-corrected chi connectivity index (χ1v) is 9.58. The van der Waals surface area contributed by atoms with E-state index in [-0.39, 0.29) is 15.4 Å². The van der Waals surface area contributed by atoms with E-state index in [0.29, 0.717) is 23.5 Å². The van der Waals surface area contributed by atoms with Crippen molar-refractivity contribution in [3.05, 3.63) is 45.8 Å². The van der Waals surface area contributed by atoms with Crippen LogP contribution >= 0.6 is 11.3 Å². The van der Waals surface area contributed by atoms with Gasteiger partial charge in [-0.2, -0.15) is 0 Å². The maximum Gasteiger partial charge on any atom is 0.348 e. The molecule has 7 nitrogen and oxygen atoms in total. The third-order valence-electron chi connectivity index (χ3n) is 4.02. The maximum atomic E-state index is 12.6. The van der Waals surface area contributed by atoms with Gasteiger partial charge in [0.1, 0.15) is 15.6 Å². The van der Waals surface area contributed by atoms with Crippen molar-refractivity contribution in [2.75, 3.05) is 26.1 Å². The number of hydrogen-bond donors (Lipinski definition) is 1. The summed E-state index contributed by atoms with van der Waals surface area (Å²) in [6, 6.07) is 6.70. The van der Waals surface area contributed by atoms with Gasteiger partial charge in [0.15, 0.2) is 0 Å². The van der Waals surface area contributed by atoms with Crippen LogP contribution in [0.1, 0.15) is 55.7 Å². The van der Waals surface area contributed by atoms with E-state index in [1.54, 1.807) is 31.2 Å². The van der Waals surface area contributed by atoms with Crippen LogP contribution in [-0.2, 0) is 9.47 Å². The normalized spacial score (nSPS) is 10.3. The molecule has 2 rings (SSSR count). The molecule has 1 N–H and O–H groups in total. The molecule has 0 aliphatic rings. The van der Waals surface area contributed by atoms with E-state index in [2.05, 4.69) is 12.2 Å². The Bertz CT molecular complexity index is 856. The third kappa shape index (κ3) is 4.89. The summed E-state index contributed by atoms with van der Waals surface area (Å²) < 4.78 is 15.1. The average molecular weight is 405 g/mol. The molecule has 0 spiro atoms. The highest BCUT2D eigenvalue weighted by Crippen LogP contribution is 2.34. The first-order valence-electron chi connectivity index (χ1n) is 8.77. The number of rotatable bonds is 8. The van der Waals surface area contributed by atoms with Crippen LogP contribution in [0.25, 0.3) is 0 Å². The molecule has 1 heterocycles. The Balaban J connectivity index is 2.23. The van der Waals surface area contributed by atoms with Gasteiger partial charge in [-0.1, -0.05) is 13.3 Å². The number of nitrogens with one attached hydrogen (secondary N) is 1. The molecule has 2 aromatic rings. The number of unbranched alkanes of at least 4 members (excludes halogenated alkanes) is 1. The van der Waals surface area contributed by atoms with Crippen LogP contribution in [0.3, 0.4) is 0 Å². The van der Waals surface area contributed by atoms with Gasteiger partial charge < -0.3 is 19.5 Å². The lowest BCUT2D eigenvalue weighted by Gasteiger charge is -2.08. The Morgan fingerprint density at radius 1 is 1.04 bits per heavy atom. The van der Waals surface area contributed by atoms with Crippen molar-refractivity contribution in [1.82, 2.24) is 0 Å². The monoisotopic (exact) mass is 405 g/mol. The molecule has 0 aliphatic heterocycles. The third-order valence-corrected chi connectivity index (χ3v) is 5.20. The zero-order valence-electron chi connectivity index (χ0n) is 16.3. The predicted molar refractivity (Wildman–Crippen MR) is 107 cm³/mol. The van der Waals surface area contributed by atoms with Crippen LogP contribution in [0.2, 0.25) is 0 Å². The smallest absolute Gasteiger partial charge is 0.348 e. The van der Waals surface area contributed by atoms with Crippen LogP contribution in [0.5, 0.6) is 5.75 Å². The molecule has 0 radical (unpaired) electrons. The van der Waals surface area contributed by atoms with E-state index < -0.39 is 17.8 Å². The molecule has 150 valence electrons. The van der Waals surface area contributed by atoms with Crippen molar-refractivity contribution in [3.8, 4) is 5.75 Å². The van der Waals surface area contributed by atoms with Gasteiger partial charge in [0.05, 0.1) is 26.4 Å². The van der Waals surface area contributed by atoms with Gasteiger partial charge in [-0.15, -0.1) is 11.3 Å². The molecule has 1 aromatic heterocycles. The molecule has 0 bridgehead atoms. The van der Waals surface area contributed by atoms with E-state index in [4.69, 9.17) is 14.2 Å². The number of esters is 2. The number of methoxy groups -OCH3 is 2. The second-order valence-corrected chi connectivity index (χ2v) is 6.94. The van der Waals surface area contributed by atoms with Crippen molar-refractivity contribution in [1.29, 1.82) is 0 Å². The van der Waals surface area contributed by atoms with Crippen LogP contribution in [0.15, 0.2) is 24.3 Å². The molecule has 0 saturated heterocycles. The number of hydrogen-bond acceptors (Lipinski definition) is 7. The minimum Gasteiger partial charge on any atom is -0.494 e. The molecule has 1 aromatic carbocycles. The second-order valence-electron chi connectivity index (χ2n) is 5.92. The molecule has 8 heteroatoms. The molecule has 0 aliphatic carbocycles. The predicted octanol–water partition coefficient (Wildman–Crippen LogP) is 4.06.